The van der Waals surface area contributed by atoms with Crippen LogP contribution in [-0.2, 0) is 16.0 Å². The molecule has 1 aromatic rings. The summed E-state index contributed by atoms with van der Waals surface area (Å²) in [4.78, 5) is 26.4. The van der Waals surface area contributed by atoms with E-state index < -0.39 is 0 Å². The maximum absolute atomic E-state index is 12.8. The van der Waals surface area contributed by atoms with E-state index in [1.165, 1.54) is 11.1 Å². The van der Waals surface area contributed by atoms with Crippen molar-refractivity contribution < 1.29 is 9.59 Å². The van der Waals surface area contributed by atoms with E-state index in [4.69, 9.17) is 0 Å². The highest BCUT2D eigenvalue weighted by molar-refractivity contribution is 5.88. The van der Waals surface area contributed by atoms with E-state index in [0.717, 1.165) is 12.8 Å². The van der Waals surface area contributed by atoms with E-state index in [-0.39, 0.29) is 11.8 Å². The SMILES string of the molecule is CC1CN(C(=O)C2C3CCc4ccccc4C32)CCC1=O. The van der Waals surface area contributed by atoms with Gasteiger partial charge in [0, 0.05) is 31.3 Å². The number of ketones is 1. The Bertz CT molecular complexity index is 609. The lowest BCUT2D eigenvalue weighted by molar-refractivity contribution is -0.138. The highest BCUT2D eigenvalue weighted by atomic mass is 16.2. The first-order valence-electron chi connectivity index (χ1n) is 8.06. The molecule has 3 heteroatoms. The molecule has 2 aliphatic carbocycles. The summed E-state index contributed by atoms with van der Waals surface area (Å²) >= 11 is 0. The van der Waals surface area contributed by atoms with Crippen LogP contribution in [0.3, 0.4) is 0 Å². The summed E-state index contributed by atoms with van der Waals surface area (Å²) in [7, 11) is 0. The van der Waals surface area contributed by atoms with Gasteiger partial charge in [-0.1, -0.05) is 31.2 Å². The van der Waals surface area contributed by atoms with E-state index >= 15 is 0 Å². The molecule has 0 bridgehead atoms. The lowest BCUT2D eigenvalue weighted by Crippen LogP contribution is -2.44. The van der Waals surface area contributed by atoms with Crippen molar-refractivity contribution in [3.63, 3.8) is 0 Å². The maximum atomic E-state index is 12.8. The first-order chi connectivity index (χ1) is 10.2. The number of benzene rings is 1. The van der Waals surface area contributed by atoms with Crippen molar-refractivity contribution in [2.24, 2.45) is 17.8 Å². The first-order valence-corrected chi connectivity index (χ1v) is 8.06. The molecule has 1 saturated heterocycles. The Morgan fingerprint density at radius 1 is 1.24 bits per heavy atom. The number of carbonyl (C=O) groups excluding carboxylic acids is 2. The fraction of sp³-hybridized carbons (Fsp3) is 0.556. The van der Waals surface area contributed by atoms with Gasteiger partial charge in [0.15, 0.2) is 0 Å². The number of nitrogens with zero attached hydrogens (tertiary/aromatic N) is 1. The maximum Gasteiger partial charge on any atom is 0.226 e. The van der Waals surface area contributed by atoms with Crippen LogP contribution in [0.25, 0.3) is 0 Å². The van der Waals surface area contributed by atoms with Crippen LogP contribution in [0.5, 0.6) is 0 Å². The molecule has 4 unspecified atom stereocenters. The van der Waals surface area contributed by atoms with Crippen molar-refractivity contribution in [1.29, 1.82) is 0 Å². The Balaban J connectivity index is 1.52. The van der Waals surface area contributed by atoms with Crippen molar-refractivity contribution in [1.82, 2.24) is 4.90 Å². The molecule has 1 aliphatic heterocycles. The van der Waals surface area contributed by atoms with Gasteiger partial charge >= 0.3 is 0 Å². The molecule has 0 radical (unpaired) electrons. The van der Waals surface area contributed by atoms with Gasteiger partial charge < -0.3 is 4.90 Å². The summed E-state index contributed by atoms with van der Waals surface area (Å²) in [6.45, 7) is 3.19. The van der Waals surface area contributed by atoms with Crippen LogP contribution < -0.4 is 0 Å². The Morgan fingerprint density at radius 2 is 2.05 bits per heavy atom. The topological polar surface area (TPSA) is 37.4 Å². The van der Waals surface area contributed by atoms with Crippen LogP contribution >= 0.6 is 0 Å². The van der Waals surface area contributed by atoms with Gasteiger partial charge in [-0.05, 0) is 35.8 Å². The van der Waals surface area contributed by atoms with Gasteiger partial charge in [-0.15, -0.1) is 0 Å². The van der Waals surface area contributed by atoms with E-state index in [9.17, 15) is 9.59 Å². The first kappa shape index (κ1) is 13.1. The molecule has 4 atom stereocenters. The smallest absolute Gasteiger partial charge is 0.226 e. The number of carbonyl (C=O) groups is 2. The molecular weight excluding hydrogens is 262 g/mol. The second-order valence-corrected chi connectivity index (χ2v) is 6.85. The normalized spacial score (nSPS) is 34.1. The third-order valence-electron chi connectivity index (χ3n) is 5.60. The van der Waals surface area contributed by atoms with Crippen molar-refractivity contribution >= 4 is 11.7 Å². The molecule has 1 saturated carbocycles. The van der Waals surface area contributed by atoms with Crippen molar-refractivity contribution in [2.45, 2.75) is 32.1 Å². The fourth-order valence-corrected chi connectivity index (χ4v) is 4.33. The van der Waals surface area contributed by atoms with Gasteiger partial charge in [0.2, 0.25) is 5.91 Å². The monoisotopic (exact) mass is 283 g/mol. The van der Waals surface area contributed by atoms with E-state index in [1.807, 2.05) is 11.8 Å². The third kappa shape index (κ3) is 2.02. The molecule has 2 fully saturated rings. The number of Topliss-reactive ketones (excluding diaryl/α,β-unsaturated/α-hetero) is 1. The van der Waals surface area contributed by atoms with Crippen LogP contribution in [-0.4, -0.2) is 29.7 Å². The van der Waals surface area contributed by atoms with Crippen molar-refractivity contribution in [3.05, 3.63) is 35.4 Å². The average Bonchev–Trinajstić information content (AvgIpc) is 3.24. The highest BCUT2D eigenvalue weighted by Crippen LogP contribution is 2.60. The Labute approximate surface area is 125 Å². The van der Waals surface area contributed by atoms with Crippen LogP contribution in [0, 0.1) is 17.8 Å². The minimum absolute atomic E-state index is 0.00997. The number of hydrogen-bond acceptors (Lipinski definition) is 2. The Morgan fingerprint density at radius 3 is 2.86 bits per heavy atom. The van der Waals surface area contributed by atoms with Gasteiger partial charge in [0.05, 0.1) is 0 Å². The number of rotatable bonds is 1. The largest absolute Gasteiger partial charge is 0.341 e. The molecule has 3 aliphatic rings. The average molecular weight is 283 g/mol. The molecule has 1 heterocycles. The van der Waals surface area contributed by atoms with E-state index in [1.54, 1.807) is 0 Å². The summed E-state index contributed by atoms with van der Waals surface area (Å²) in [5.41, 5.74) is 2.82. The standard InChI is InChI=1S/C18H21NO2/c1-11-10-19(9-8-15(11)20)18(21)17-14-7-6-12-4-2-3-5-13(12)16(14)17/h2-5,11,14,16-17H,6-10H2,1H3. The predicted octanol–water partition coefficient (Wildman–Crippen LogP) is 2.40. The van der Waals surface area contributed by atoms with E-state index in [0.29, 0.717) is 43.0 Å². The minimum Gasteiger partial charge on any atom is -0.341 e. The van der Waals surface area contributed by atoms with Crippen LogP contribution in [0.4, 0.5) is 0 Å². The predicted molar refractivity (Wildman–Crippen MR) is 79.9 cm³/mol. The quantitative estimate of drug-likeness (QED) is 0.793. The number of amides is 1. The third-order valence-corrected chi connectivity index (χ3v) is 5.60. The molecule has 1 amide bonds. The molecule has 0 aromatic heterocycles. The Kier molecular flexibility index (Phi) is 2.91. The minimum atomic E-state index is 0.00997. The van der Waals surface area contributed by atoms with Gasteiger partial charge in [-0.25, -0.2) is 0 Å². The molecule has 0 spiro atoms. The van der Waals surface area contributed by atoms with Crippen LogP contribution in [0.15, 0.2) is 24.3 Å². The number of aryl methyl sites for hydroxylation is 1. The molecule has 4 rings (SSSR count). The summed E-state index contributed by atoms with van der Waals surface area (Å²) in [5.74, 6) is 1.76. The van der Waals surface area contributed by atoms with Crippen LogP contribution in [0.2, 0.25) is 0 Å². The van der Waals surface area contributed by atoms with Gasteiger partial charge in [-0.2, -0.15) is 0 Å². The highest BCUT2D eigenvalue weighted by Gasteiger charge is 2.58. The second kappa shape index (κ2) is 4.69. The summed E-state index contributed by atoms with van der Waals surface area (Å²) < 4.78 is 0. The van der Waals surface area contributed by atoms with Gasteiger partial charge in [0.1, 0.15) is 5.78 Å². The summed E-state index contributed by atoms with van der Waals surface area (Å²) in [6, 6.07) is 8.58. The van der Waals surface area contributed by atoms with Crippen molar-refractivity contribution in [2.75, 3.05) is 13.1 Å². The summed E-state index contributed by atoms with van der Waals surface area (Å²) in [5, 5.41) is 0. The number of hydrogen-bond donors (Lipinski definition) is 0. The molecule has 21 heavy (non-hydrogen) atoms. The zero-order valence-electron chi connectivity index (χ0n) is 12.4. The molecule has 0 N–H and O–H groups in total. The zero-order chi connectivity index (χ0) is 14.6. The summed E-state index contributed by atoms with van der Waals surface area (Å²) in [6.07, 6.45) is 2.78. The van der Waals surface area contributed by atoms with Crippen molar-refractivity contribution in [3.8, 4) is 0 Å². The Hall–Kier alpha value is -1.64. The van der Waals surface area contributed by atoms with Gasteiger partial charge in [-0.3, -0.25) is 9.59 Å². The molecule has 110 valence electrons. The van der Waals surface area contributed by atoms with Crippen LogP contribution in [0.1, 0.15) is 36.8 Å². The second-order valence-electron chi connectivity index (χ2n) is 6.85. The molecular formula is C18H21NO2. The zero-order valence-corrected chi connectivity index (χ0v) is 12.4. The fourth-order valence-electron chi connectivity index (χ4n) is 4.33. The number of fused-ring (bicyclic) bond motifs is 3. The lowest BCUT2D eigenvalue weighted by Gasteiger charge is -2.30. The number of piperidine rings is 1. The molecule has 1 aromatic carbocycles. The number of likely N-dealkylation sites (tertiary alicyclic amines) is 1. The van der Waals surface area contributed by atoms with Gasteiger partial charge in [0.25, 0.3) is 0 Å². The lowest BCUT2D eigenvalue weighted by atomic mass is 9.92. The van der Waals surface area contributed by atoms with E-state index in [2.05, 4.69) is 24.3 Å². The molecule has 3 nitrogen and oxygen atoms in total.